The molecule has 0 fully saturated rings. The topological polar surface area (TPSA) is 75.4 Å². The average molecular weight is 605 g/mol. The SMILES string of the molecule is CN(C)P(C)(=NP(=NC(C)(C)C)(N=P(N(C)C)(N(C)C)N(C)C)N=P(N(C)C)(N(C)C)N(C)C)N(C)C. The molecule has 0 heterocycles. The summed E-state index contributed by atoms with van der Waals surface area (Å²) in [6, 6.07) is 0. The van der Waals surface area contributed by atoms with Crippen LogP contribution in [0.25, 0.3) is 0 Å². The van der Waals surface area contributed by atoms with Crippen molar-refractivity contribution in [1.82, 2.24) is 37.4 Å². The smallest absolute Gasteiger partial charge is 0.264 e. The molecule has 0 aromatic carbocycles. The Morgan fingerprint density at radius 2 is 0.649 bits per heavy atom. The second kappa shape index (κ2) is 13.5. The third-order valence-electron chi connectivity index (χ3n) is 5.94. The number of hydrogen-bond donors (Lipinski definition) is 0. The molecule has 16 heteroatoms. The Bertz CT molecular complexity index is 855. The Labute approximate surface area is 231 Å². The molecule has 0 aromatic rings. The minimum absolute atomic E-state index is 0.408. The van der Waals surface area contributed by atoms with E-state index in [1.54, 1.807) is 0 Å². The van der Waals surface area contributed by atoms with Crippen molar-refractivity contribution in [3.8, 4) is 0 Å². The molecule has 0 aliphatic heterocycles. The maximum Gasteiger partial charge on any atom is 0.305 e. The van der Waals surface area contributed by atoms with Gasteiger partial charge in [0.1, 0.15) is 7.36 Å². The van der Waals surface area contributed by atoms with Crippen molar-refractivity contribution in [1.29, 1.82) is 0 Å². The van der Waals surface area contributed by atoms with Crippen LogP contribution in [0.4, 0.5) is 0 Å². The highest BCUT2D eigenvalue weighted by atomic mass is 31.3. The van der Waals surface area contributed by atoms with E-state index < -0.39 is 35.4 Å². The second-order valence-electron chi connectivity index (χ2n) is 11.8. The molecular formula is C21H60N12P4. The van der Waals surface area contributed by atoms with Gasteiger partial charge in [-0.1, -0.05) is 0 Å². The maximum atomic E-state index is 5.83. The fourth-order valence-corrected chi connectivity index (χ4v) is 21.4. The average Bonchev–Trinajstić information content (AvgIpc) is 2.66. The summed E-state index contributed by atoms with van der Waals surface area (Å²) < 4.78 is 40.8. The van der Waals surface area contributed by atoms with Crippen LogP contribution in [0.15, 0.2) is 18.3 Å². The van der Waals surface area contributed by atoms with Crippen molar-refractivity contribution >= 4 is 29.9 Å². The van der Waals surface area contributed by atoms with Gasteiger partial charge in [0.05, 0.1) is 5.54 Å². The van der Waals surface area contributed by atoms with Crippen molar-refractivity contribution < 1.29 is 0 Å². The minimum atomic E-state index is -3.10. The lowest BCUT2D eigenvalue weighted by Crippen LogP contribution is -2.31. The lowest BCUT2D eigenvalue weighted by Gasteiger charge is -2.45. The zero-order chi connectivity index (χ0) is 29.9. The second-order valence-corrected chi connectivity index (χ2v) is 25.5. The molecule has 0 rings (SSSR count). The predicted molar refractivity (Wildman–Crippen MR) is 173 cm³/mol. The van der Waals surface area contributed by atoms with E-state index in [2.05, 4.69) is 178 Å². The van der Waals surface area contributed by atoms with Gasteiger partial charge in [0.25, 0.3) is 0 Å². The molecular weight excluding hydrogens is 544 g/mol. The van der Waals surface area contributed by atoms with Crippen molar-refractivity contribution in [3.05, 3.63) is 0 Å². The number of rotatable bonds is 11. The lowest BCUT2D eigenvalue weighted by molar-refractivity contribution is 0.473. The highest BCUT2D eigenvalue weighted by Crippen LogP contribution is 2.77. The van der Waals surface area contributed by atoms with Gasteiger partial charge >= 0.3 is 7.51 Å². The van der Waals surface area contributed by atoms with Gasteiger partial charge < -0.3 is 0 Å². The van der Waals surface area contributed by atoms with E-state index in [0.717, 1.165) is 0 Å². The largest absolute Gasteiger partial charge is 0.305 e. The Morgan fingerprint density at radius 1 is 0.405 bits per heavy atom. The molecule has 0 aliphatic rings. The minimum Gasteiger partial charge on any atom is -0.264 e. The highest BCUT2D eigenvalue weighted by Gasteiger charge is 2.40. The van der Waals surface area contributed by atoms with E-state index in [-0.39, 0.29) is 0 Å². The zero-order valence-electron chi connectivity index (χ0n) is 27.7. The summed E-state index contributed by atoms with van der Waals surface area (Å²) in [4.78, 5) is 0. The van der Waals surface area contributed by atoms with Gasteiger partial charge in [-0.05, 0) is 140 Å². The van der Waals surface area contributed by atoms with Crippen LogP contribution in [0.2, 0.25) is 0 Å². The summed E-state index contributed by atoms with van der Waals surface area (Å²) in [6.45, 7) is 8.62. The molecule has 0 atom stereocenters. The molecule has 37 heavy (non-hydrogen) atoms. The first-order valence-corrected chi connectivity index (χ1v) is 19.2. The van der Waals surface area contributed by atoms with Crippen molar-refractivity contribution in [2.75, 3.05) is 119 Å². The summed E-state index contributed by atoms with van der Waals surface area (Å²) in [5.74, 6) is 0. The fraction of sp³-hybridized carbons (Fsp3) is 1.00. The first kappa shape index (κ1) is 37.6. The zero-order valence-corrected chi connectivity index (χ0v) is 31.2. The molecule has 0 radical (unpaired) electrons. The van der Waals surface area contributed by atoms with Crippen molar-refractivity contribution in [2.45, 2.75) is 26.3 Å². The summed E-state index contributed by atoms with van der Waals surface area (Å²) >= 11 is 0. The molecule has 0 N–H and O–H groups in total. The Balaban J connectivity index is 9.13. The first-order chi connectivity index (χ1) is 16.4. The third-order valence-corrected chi connectivity index (χ3v) is 22.4. The van der Waals surface area contributed by atoms with Gasteiger partial charge in [-0.15, -0.1) is 0 Å². The van der Waals surface area contributed by atoms with Crippen molar-refractivity contribution in [3.63, 3.8) is 0 Å². The predicted octanol–water partition coefficient (Wildman–Crippen LogP) is 5.78. The van der Waals surface area contributed by atoms with Crippen LogP contribution in [0, 0.1) is 0 Å². The summed E-state index contributed by atoms with van der Waals surface area (Å²) in [5.41, 5.74) is -0.408. The van der Waals surface area contributed by atoms with Gasteiger partial charge in [0, 0.05) is 0 Å². The number of hydrogen-bond acceptors (Lipinski definition) is 1. The van der Waals surface area contributed by atoms with Crippen LogP contribution in [0.5, 0.6) is 0 Å². The van der Waals surface area contributed by atoms with Crippen LogP contribution in [-0.2, 0) is 0 Å². The highest BCUT2D eigenvalue weighted by molar-refractivity contribution is 7.80. The van der Waals surface area contributed by atoms with E-state index in [1.165, 1.54) is 0 Å². The van der Waals surface area contributed by atoms with Gasteiger partial charge in [-0.3, -0.25) is 37.4 Å². The van der Waals surface area contributed by atoms with E-state index >= 15 is 0 Å². The van der Waals surface area contributed by atoms with Crippen LogP contribution < -0.4 is 0 Å². The molecule has 0 saturated carbocycles. The Hall–Kier alpha value is 0.600. The summed E-state index contributed by atoms with van der Waals surface area (Å²) in [7, 11) is 23.5. The molecule has 12 nitrogen and oxygen atoms in total. The molecule has 0 bridgehead atoms. The first-order valence-electron chi connectivity index (χ1n) is 12.3. The van der Waals surface area contributed by atoms with Crippen LogP contribution in [-0.4, -0.2) is 162 Å². The third kappa shape index (κ3) is 8.31. The molecule has 0 amide bonds. The normalized spacial score (nSPS) is 14.8. The molecule has 0 unspecified atom stereocenters. The van der Waals surface area contributed by atoms with Gasteiger partial charge in [-0.25, -0.2) is 4.74 Å². The summed E-state index contributed by atoms with van der Waals surface area (Å²) in [6.07, 6.45) is 0. The standard InChI is InChI=1S/C21H60N12P4/c1-21(2,3)22-35(23-34(20,26(4)5)27(6)7,24-36(28(8)9,29(10)11)30(12)13)25-37(31(14)15,32(16)17)33(18)19/h1-20H3. The maximum absolute atomic E-state index is 5.83. The van der Waals surface area contributed by atoms with Crippen LogP contribution in [0.3, 0.4) is 0 Å². The van der Waals surface area contributed by atoms with E-state index in [4.69, 9.17) is 18.3 Å². The molecule has 0 saturated heterocycles. The quantitative estimate of drug-likeness (QED) is 0.275. The molecule has 0 spiro atoms. The van der Waals surface area contributed by atoms with Gasteiger partial charge in [0.15, 0.2) is 15.0 Å². The van der Waals surface area contributed by atoms with Crippen molar-refractivity contribution in [2.24, 2.45) is 18.3 Å². The number of nitrogens with zero attached hydrogens (tertiary/aromatic N) is 12. The van der Waals surface area contributed by atoms with Gasteiger partial charge in [-0.2, -0.15) is 13.5 Å². The van der Waals surface area contributed by atoms with E-state index in [9.17, 15) is 0 Å². The Kier molecular flexibility index (Phi) is 13.7. The summed E-state index contributed by atoms with van der Waals surface area (Å²) in [5, 5.41) is 0. The van der Waals surface area contributed by atoms with Gasteiger partial charge in [0.2, 0.25) is 0 Å². The molecule has 224 valence electrons. The lowest BCUT2D eigenvalue weighted by atomic mass is 10.1. The van der Waals surface area contributed by atoms with E-state index in [0.29, 0.717) is 0 Å². The molecule has 0 aromatic heterocycles. The Morgan fingerprint density at radius 3 is 0.811 bits per heavy atom. The van der Waals surface area contributed by atoms with Crippen LogP contribution >= 0.6 is 29.9 Å². The monoisotopic (exact) mass is 604 g/mol. The van der Waals surface area contributed by atoms with E-state index in [1.807, 2.05) is 0 Å². The fourth-order valence-electron chi connectivity index (χ4n) is 4.21. The van der Waals surface area contributed by atoms with Crippen LogP contribution in [0.1, 0.15) is 20.8 Å². The molecule has 0 aliphatic carbocycles.